The molecular formula is C18H30N2O4S. The SMILES string of the molecule is CCC(COC)NC(=O)C(CC(C)C)NS(=O)(=O)c1ccc(C)cc1. The standard InChI is InChI=1S/C18H30N2O4S/c1-6-15(12-24-5)19-18(21)17(11-13(2)3)20-25(22,23)16-9-7-14(4)8-10-16/h7-10,13,15,17,20H,6,11-12H2,1-5H3,(H,19,21). The lowest BCUT2D eigenvalue weighted by molar-refractivity contribution is -0.124. The van der Waals surface area contributed by atoms with E-state index in [-0.39, 0.29) is 22.8 Å². The Morgan fingerprint density at radius 1 is 1.20 bits per heavy atom. The molecule has 0 aromatic heterocycles. The van der Waals surface area contributed by atoms with Crippen LogP contribution in [0.15, 0.2) is 29.2 Å². The summed E-state index contributed by atoms with van der Waals surface area (Å²) in [5.41, 5.74) is 0.973. The third-order valence-electron chi connectivity index (χ3n) is 3.86. The Kier molecular flexibility index (Phi) is 8.55. The Balaban J connectivity index is 2.94. The number of carbonyl (C=O) groups is 1. The minimum absolute atomic E-state index is 0.143. The van der Waals surface area contributed by atoms with Crippen molar-refractivity contribution >= 4 is 15.9 Å². The Morgan fingerprint density at radius 3 is 2.28 bits per heavy atom. The molecule has 6 nitrogen and oxygen atoms in total. The van der Waals surface area contributed by atoms with Gasteiger partial charge in [0.2, 0.25) is 15.9 Å². The van der Waals surface area contributed by atoms with Crippen LogP contribution in [0.4, 0.5) is 0 Å². The number of benzene rings is 1. The summed E-state index contributed by atoms with van der Waals surface area (Å²) in [4.78, 5) is 12.7. The summed E-state index contributed by atoms with van der Waals surface area (Å²) < 4.78 is 32.8. The molecule has 0 aliphatic heterocycles. The van der Waals surface area contributed by atoms with Crippen molar-refractivity contribution in [3.63, 3.8) is 0 Å². The van der Waals surface area contributed by atoms with Gasteiger partial charge in [-0.3, -0.25) is 4.79 Å². The van der Waals surface area contributed by atoms with Gasteiger partial charge in [0.1, 0.15) is 6.04 Å². The second-order valence-electron chi connectivity index (χ2n) is 6.69. The minimum Gasteiger partial charge on any atom is -0.383 e. The van der Waals surface area contributed by atoms with E-state index in [9.17, 15) is 13.2 Å². The van der Waals surface area contributed by atoms with Crippen molar-refractivity contribution in [2.75, 3.05) is 13.7 Å². The van der Waals surface area contributed by atoms with Crippen LogP contribution in [-0.2, 0) is 19.6 Å². The van der Waals surface area contributed by atoms with Crippen molar-refractivity contribution < 1.29 is 17.9 Å². The molecule has 1 amide bonds. The second-order valence-corrected chi connectivity index (χ2v) is 8.40. The number of methoxy groups -OCH3 is 1. The summed E-state index contributed by atoms with van der Waals surface area (Å²) in [6.07, 6.45) is 1.12. The molecule has 0 radical (unpaired) electrons. The topological polar surface area (TPSA) is 84.5 Å². The predicted octanol–water partition coefficient (Wildman–Crippen LogP) is 2.23. The number of carbonyl (C=O) groups excluding carboxylic acids is 1. The van der Waals surface area contributed by atoms with Crippen molar-refractivity contribution in [3.8, 4) is 0 Å². The molecule has 0 bridgehead atoms. The molecule has 0 saturated heterocycles. The highest BCUT2D eigenvalue weighted by atomic mass is 32.2. The van der Waals surface area contributed by atoms with Gasteiger partial charge in [0.15, 0.2) is 0 Å². The van der Waals surface area contributed by atoms with Crippen LogP contribution in [0, 0.1) is 12.8 Å². The van der Waals surface area contributed by atoms with E-state index >= 15 is 0 Å². The van der Waals surface area contributed by atoms with Gasteiger partial charge in [-0.1, -0.05) is 38.5 Å². The molecule has 0 fully saturated rings. The normalized spacial score (nSPS) is 14.3. The smallest absolute Gasteiger partial charge is 0.241 e. The highest BCUT2D eigenvalue weighted by Crippen LogP contribution is 2.13. The molecule has 142 valence electrons. The van der Waals surface area contributed by atoms with Crippen molar-refractivity contribution in [2.45, 2.75) is 57.5 Å². The minimum atomic E-state index is -3.76. The Labute approximate surface area is 151 Å². The first-order chi connectivity index (χ1) is 11.7. The largest absolute Gasteiger partial charge is 0.383 e. The number of hydrogen-bond donors (Lipinski definition) is 2. The molecule has 0 heterocycles. The first-order valence-electron chi connectivity index (χ1n) is 8.57. The zero-order chi connectivity index (χ0) is 19.0. The third kappa shape index (κ3) is 7.13. The van der Waals surface area contributed by atoms with E-state index in [0.29, 0.717) is 19.4 Å². The van der Waals surface area contributed by atoms with E-state index in [0.717, 1.165) is 5.56 Å². The fraction of sp³-hybridized carbons (Fsp3) is 0.611. The maximum Gasteiger partial charge on any atom is 0.241 e. The predicted molar refractivity (Wildman–Crippen MR) is 98.8 cm³/mol. The highest BCUT2D eigenvalue weighted by molar-refractivity contribution is 7.89. The lowest BCUT2D eigenvalue weighted by Gasteiger charge is -2.23. The van der Waals surface area contributed by atoms with Crippen LogP contribution in [-0.4, -0.2) is 40.1 Å². The van der Waals surface area contributed by atoms with E-state index in [1.165, 1.54) is 0 Å². The monoisotopic (exact) mass is 370 g/mol. The van der Waals surface area contributed by atoms with Crippen LogP contribution < -0.4 is 10.0 Å². The Hall–Kier alpha value is -1.44. The molecule has 0 saturated carbocycles. The average Bonchev–Trinajstić information content (AvgIpc) is 2.53. The summed E-state index contributed by atoms with van der Waals surface area (Å²) in [6, 6.07) is 5.59. The van der Waals surface area contributed by atoms with E-state index in [1.807, 2.05) is 27.7 Å². The number of sulfonamides is 1. The number of ether oxygens (including phenoxy) is 1. The summed E-state index contributed by atoms with van der Waals surface area (Å²) in [5, 5.41) is 2.87. The van der Waals surface area contributed by atoms with Crippen LogP contribution in [0.2, 0.25) is 0 Å². The van der Waals surface area contributed by atoms with Crippen molar-refractivity contribution in [1.29, 1.82) is 0 Å². The van der Waals surface area contributed by atoms with E-state index in [1.54, 1.807) is 31.4 Å². The van der Waals surface area contributed by atoms with E-state index < -0.39 is 16.1 Å². The molecular weight excluding hydrogens is 340 g/mol. The number of aryl methyl sites for hydroxylation is 1. The van der Waals surface area contributed by atoms with Gasteiger partial charge in [0.25, 0.3) is 0 Å². The zero-order valence-corrected chi connectivity index (χ0v) is 16.5. The maximum atomic E-state index is 12.6. The molecule has 2 unspecified atom stereocenters. The molecule has 0 aliphatic carbocycles. The summed E-state index contributed by atoms with van der Waals surface area (Å²) in [6.45, 7) is 8.12. The van der Waals surface area contributed by atoms with Gasteiger partial charge in [-0.15, -0.1) is 0 Å². The lowest BCUT2D eigenvalue weighted by atomic mass is 10.0. The average molecular weight is 371 g/mol. The van der Waals surface area contributed by atoms with Crippen molar-refractivity contribution in [2.24, 2.45) is 5.92 Å². The second kappa shape index (κ2) is 9.89. The lowest BCUT2D eigenvalue weighted by Crippen LogP contribution is -2.50. The Morgan fingerprint density at radius 2 is 1.80 bits per heavy atom. The summed E-state index contributed by atoms with van der Waals surface area (Å²) >= 11 is 0. The molecule has 25 heavy (non-hydrogen) atoms. The van der Waals surface area contributed by atoms with Crippen LogP contribution in [0.3, 0.4) is 0 Å². The van der Waals surface area contributed by atoms with Gasteiger partial charge in [0.05, 0.1) is 17.5 Å². The van der Waals surface area contributed by atoms with Crippen molar-refractivity contribution in [3.05, 3.63) is 29.8 Å². The molecule has 1 rings (SSSR count). The molecule has 7 heteroatoms. The molecule has 2 N–H and O–H groups in total. The zero-order valence-electron chi connectivity index (χ0n) is 15.7. The molecule has 0 aliphatic rings. The fourth-order valence-corrected chi connectivity index (χ4v) is 3.63. The Bertz CT molecular complexity index is 642. The molecule has 2 atom stereocenters. The van der Waals surface area contributed by atoms with Gasteiger partial charge in [-0.2, -0.15) is 4.72 Å². The number of hydrogen-bond acceptors (Lipinski definition) is 4. The summed E-state index contributed by atoms with van der Waals surface area (Å²) in [5.74, 6) is -0.160. The van der Waals surface area contributed by atoms with Gasteiger partial charge < -0.3 is 10.1 Å². The van der Waals surface area contributed by atoms with Crippen LogP contribution >= 0.6 is 0 Å². The number of rotatable bonds is 10. The van der Waals surface area contributed by atoms with E-state index in [4.69, 9.17) is 4.74 Å². The highest BCUT2D eigenvalue weighted by Gasteiger charge is 2.27. The third-order valence-corrected chi connectivity index (χ3v) is 5.35. The first kappa shape index (κ1) is 21.6. The molecule has 0 spiro atoms. The first-order valence-corrected chi connectivity index (χ1v) is 10.1. The van der Waals surface area contributed by atoms with Gasteiger partial charge in [-0.05, 0) is 37.8 Å². The van der Waals surface area contributed by atoms with Gasteiger partial charge in [0, 0.05) is 7.11 Å². The maximum absolute atomic E-state index is 12.6. The summed E-state index contributed by atoms with van der Waals surface area (Å²) in [7, 11) is -2.19. The van der Waals surface area contributed by atoms with Crippen LogP contribution in [0.5, 0.6) is 0 Å². The molecule has 1 aromatic rings. The van der Waals surface area contributed by atoms with Gasteiger partial charge in [-0.25, -0.2) is 8.42 Å². The molecule has 1 aromatic carbocycles. The van der Waals surface area contributed by atoms with Crippen LogP contribution in [0.25, 0.3) is 0 Å². The van der Waals surface area contributed by atoms with Crippen molar-refractivity contribution in [1.82, 2.24) is 10.0 Å². The quantitative estimate of drug-likeness (QED) is 0.661. The van der Waals surface area contributed by atoms with Crippen LogP contribution in [0.1, 0.15) is 39.2 Å². The fourth-order valence-electron chi connectivity index (χ4n) is 2.42. The van der Waals surface area contributed by atoms with Gasteiger partial charge >= 0.3 is 0 Å². The van der Waals surface area contributed by atoms with E-state index in [2.05, 4.69) is 10.0 Å². The number of nitrogens with one attached hydrogen (secondary N) is 2. The number of amides is 1.